The summed E-state index contributed by atoms with van der Waals surface area (Å²) < 4.78 is 26.7. The van der Waals surface area contributed by atoms with Crippen LogP contribution in [-0.4, -0.2) is 36.9 Å². The monoisotopic (exact) mass is 331 g/mol. The summed E-state index contributed by atoms with van der Waals surface area (Å²) >= 11 is 5.89. The van der Waals surface area contributed by atoms with E-state index in [1.807, 2.05) is 0 Å². The van der Waals surface area contributed by atoms with Gasteiger partial charge in [0.25, 0.3) is 0 Å². The number of nitrogens with zero attached hydrogens (tertiary/aromatic N) is 1. The van der Waals surface area contributed by atoms with Crippen LogP contribution in [0.25, 0.3) is 0 Å². The summed E-state index contributed by atoms with van der Waals surface area (Å²) in [4.78, 5) is 11.6. The fourth-order valence-electron chi connectivity index (χ4n) is 2.64. The van der Waals surface area contributed by atoms with Crippen LogP contribution in [0.3, 0.4) is 0 Å². The number of hydrogen-bond donors (Lipinski definition) is 1. The van der Waals surface area contributed by atoms with Gasteiger partial charge in [0, 0.05) is 18.1 Å². The van der Waals surface area contributed by atoms with Crippen molar-refractivity contribution in [2.24, 2.45) is 5.41 Å². The summed E-state index contributed by atoms with van der Waals surface area (Å²) in [6.07, 6.45) is 0.737. The zero-order valence-electron chi connectivity index (χ0n) is 12.0. The molecule has 0 aliphatic carbocycles. The van der Waals surface area contributed by atoms with Crippen molar-refractivity contribution in [2.45, 2.75) is 31.6 Å². The van der Waals surface area contributed by atoms with E-state index in [2.05, 4.69) is 0 Å². The topological polar surface area (TPSA) is 74.7 Å². The minimum Gasteiger partial charge on any atom is -0.481 e. The molecule has 0 radical (unpaired) electrons. The van der Waals surface area contributed by atoms with Crippen molar-refractivity contribution < 1.29 is 18.3 Å². The van der Waals surface area contributed by atoms with Gasteiger partial charge in [0.2, 0.25) is 10.0 Å². The highest BCUT2D eigenvalue weighted by Gasteiger charge is 2.47. The molecular weight excluding hydrogens is 314 g/mol. The molecule has 0 aromatic heterocycles. The van der Waals surface area contributed by atoms with Gasteiger partial charge in [-0.15, -0.1) is 0 Å². The predicted octanol–water partition coefficient (Wildman–Crippen LogP) is 2.52. The molecule has 1 aromatic rings. The van der Waals surface area contributed by atoms with Gasteiger partial charge in [0.1, 0.15) is 0 Å². The van der Waals surface area contributed by atoms with E-state index < -0.39 is 21.4 Å². The molecule has 0 bridgehead atoms. The Bertz CT molecular complexity index is 674. The summed E-state index contributed by atoms with van der Waals surface area (Å²) in [5.74, 6) is -0.939. The van der Waals surface area contributed by atoms with Crippen LogP contribution in [0.15, 0.2) is 23.1 Å². The standard InChI is InChI=1S/C14H18ClNO4S/c1-3-14(13(17)18)6-7-16(9-14)21(19,20)12-8-11(15)5-4-10(12)2/h4-5,8H,3,6-7,9H2,1-2H3,(H,17,18). The minimum atomic E-state index is -3.72. The summed E-state index contributed by atoms with van der Waals surface area (Å²) in [5.41, 5.74) is -0.386. The van der Waals surface area contributed by atoms with Gasteiger partial charge in [-0.25, -0.2) is 8.42 Å². The summed E-state index contributed by atoms with van der Waals surface area (Å²) in [5, 5.41) is 9.72. The van der Waals surface area contributed by atoms with E-state index in [0.717, 1.165) is 0 Å². The van der Waals surface area contributed by atoms with Gasteiger partial charge in [-0.2, -0.15) is 4.31 Å². The van der Waals surface area contributed by atoms with Crippen LogP contribution in [0.2, 0.25) is 5.02 Å². The summed E-state index contributed by atoms with van der Waals surface area (Å²) in [6.45, 7) is 3.69. The molecule has 1 saturated heterocycles. The maximum Gasteiger partial charge on any atom is 0.311 e. The molecule has 0 amide bonds. The third kappa shape index (κ3) is 2.80. The van der Waals surface area contributed by atoms with Crippen LogP contribution in [0, 0.1) is 12.3 Å². The fourth-order valence-corrected chi connectivity index (χ4v) is 4.66. The number of sulfonamides is 1. The third-order valence-electron chi connectivity index (χ3n) is 4.22. The first-order valence-corrected chi connectivity index (χ1v) is 8.54. The summed E-state index contributed by atoms with van der Waals surface area (Å²) in [6, 6.07) is 4.70. The Morgan fingerprint density at radius 2 is 2.14 bits per heavy atom. The van der Waals surface area contributed by atoms with E-state index in [1.54, 1.807) is 26.0 Å². The molecule has 21 heavy (non-hydrogen) atoms. The van der Waals surface area contributed by atoms with Crippen molar-refractivity contribution in [1.29, 1.82) is 0 Å². The third-order valence-corrected chi connectivity index (χ3v) is 6.44. The number of hydrogen-bond acceptors (Lipinski definition) is 3. The van der Waals surface area contributed by atoms with Crippen molar-refractivity contribution >= 4 is 27.6 Å². The molecule has 1 fully saturated rings. The Labute approximate surface area is 129 Å². The van der Waals surface area contributed by atoms with E-state index in [-0.39, 0.29) is 18.0 Å². The smallest absolute Gasteiger partial charge is 0.311 e. The number of halogens is 1. The lowest BCUT2D eigenvalue weighted by molar-refractivity contribution is -0.148. The van der Waals surface area contributed by atoms with Gasteiger partial charge in [0.05, 0.1) is 10.3 Å². The van der Waals surface area contributed by atoms with Crippen molar-refractivity contribution in [2.75, 3.05) is 13.1 Å². The largest absolute Gasteiger partial charge is 0.481 e. The van der Waals surface area contributed by atoms with Gasteiger partial charge >= 0.3 is 5.97 Å². The second kappa shape index (κ2) is 5.59. The van der Waals surface area contributed by atoms with Gasteiger partial charge in [-0.1, -0.05) is 24.6 Å². The van der Waals surface area contributed by atoms with Gasteiger partial charge in [0.15, 0.2) is 0 Å². The molecule has 1 heterocycles. The first-order valence-electron chi connectivity index (χ1n) is 6.73. The Morgan fingerprint density at radius 1 is 1.48 bits per heavy atom. The number of carboxylic acids is 1. The predicted molar refractivity (Wildman–Crippen MR) is 79.9 cm³/mol. The molecule has 0 saturated carbocycles. The first-order chi connectivity index (χ1) is 9.73. The maximum atomic E-state index is 12.7. The first kappa shape index (κ1) is 16.3. The normalized spacial score (nSPS) is 23.4. The van der Waals surface area contributed by atoms with Crippen LogP contribution in [-0.2, 0) is 14.8 Å². The van der Waals surface area contributed by atoms with Crippen molar-refractivity contribution in [3.05, 3.63) is 28.8 Å². The van der Waals surface area contributed by atoms with Crippen LogP contribution < -0.4 is 0 Å². The molecule has 1 atom stereocenters. The van der Waals surface area contributed by atoms with Gasteiger partial charge in [-0.05, 0) is 37.5 Å². The molecule has 2 rings (SSSR count). The van der Waals surface area contributed by atoms with Crippen molar-refractivity contribution in [1.82, 2.24) is 4.31 Å². The molecular formula is C14H18ClNO4S. The quantitative estimate of drug-likeness (QED) is 0.920. The number of benzene rings is 1. The average molecular weight is 332 g/mol. The van der Waals surface area contributed by atoms with Gasteiger partial charge < -0.3 is 5.11 Å². The molecule has 1 aliphatic rings. The molecule has 1 aliphatic heterocycles. The molecule has 7 heteroatoms. The number of rotatable bonds is 4. The Hall–Kier alpha value is -1.11. The van der Waals surface area contributed by atoms with E-state index >= 15 is 0 Å². The van der Waals surface area contributed by atoms with E-state index in [0.29, 0.717) is 23.4 Å². The van der Waals surface area contributed by atoms with Crippen LogP contribution >= 0.6 is 11.6 Å². The number of carboxylic acid groups (broad SMARTS) is 1. The molecule has 1 aromatic carbocycles. The minimum absolute atomic E-state index is 0.00706. The lowest BCUT2D eigenvalue weighted by atomic mass is 9.85. The Balaban J connectivity index is 2.38. The van der Waals surface area contributed by atoms with E-state index in [9.17, 15) is 18.3 Å². The second-order valence-corrected chi connectivity index (χ2v) is 7.78. The van der Waals surface area contributed by atoms with Crippen LogP contribution in [0.4, 0.5) is 0 Å². The zero-order valence-corrected chi connectivity index (χ0v) is 13.5. The fraction of sp³-hybridized carbons (Fsp3) is 0.500. The SMILES string of the molecule is CCC1(C(=O)O)CCN(S(=O)(=O)c2cc(Cl)ccc2C)C1. The van der Waals surface area contributed by atoms with Crippen molar-refractivity contribution in [3.63, 3.8) is 0 Å². The second-order valence-electron chi connectivity index (χ2n) is 5.44. The highest BCUT2D eigenvalue weighted by molar-refractivity contribution is 7.89. The van der Waals surface area contributed by atoms with Crippen molar-refractivity contribution in [3.8, 4) is 0 Å². The van der Waals surface area contributed by atoms with Crippen LogP contribution in [0.1, 0.15) is 25.3 Å². The average Bonchev–Trinajstić information content (AvgIpc) is 2.88. The van der Waals surface area contributed by atoms with E-state index in [4.69, 9.17) is 11.6 Å². The highest BCUT2D eigenvalue weighted by atomic mass is 35.5. The highest BCUT2D eigenvalue weighted by Crippen LogP contribution is 2.37. The number of aryl methyl sites for hydroxylation is 1. The Morgan fingerprint density at radius 3 is 2.67 bits per heavy atom. The number of carbonyl (C=O) groups is 1. The molecule has 5 nitrogen and oxygen atoms in total. The molecule has 116 valence electrons. The lowest BCUT2D eigenvalue weighted by Gasteiger charge is -2.23. The Kier molecular flexibility index (Phi) is 4.33. The van der Waals surface area contributed by atoms with Crippen LogP contribution in [0.5, 0.6) is 0 Å². The molecule has 1 N–H and O–H groups in total. The van der Waals surface area contributed by atoms with Gasteiger partial charge in [-0.3, -0.25) is 4.79 Å². The van der Waals surface area contributed by atoms with E-state index in [1.165, 1.54) is 10.4 Å². The lowest BCUT2D eigenvalue weighted by Crippen LogP contribution is -2.36. The molecule has 0 spiro atoms. The molecule has 1 unspecified atom stereocenters. The zero-order chi connectivity index (χ0) is 15.8. The maximum absolute atomic E-state index is 12.7. The summed E-state index contributed by atoms with van der Waals surface area (Å²) in [7, 11) is -3.72. The number of aliphatic carboxylic acids is 1.